The zero-order valence-corrected chi connectivity index (χ0v) is 17.4. The predicted molar refractivity (Wildman–Crippen MR) is 123 cm³/mol. The largest absolute Gasteiger partial charge is 0.361 e. The Kier molecular flexibility index (Phi) is 6.12. The van der Waals surface area contributed by atoms with E-state index in [4.69, 9.17) is 5.73 Å². The van der Waals surface area contributed by atoms with Gasteiger partial charge in [0.25, 0.3) is 0 Å². The van der Waals surface area contributed by atoms with Gasteiger partial charge < -0.3 is 20.9 Å². The Hall–Kier alpha value is -3.14. The fourth-order valence-electron chi connectivity index (χ4n) is 4.14. The number of nitrogens with zero attached hydrogens (tertiary/aromatic N) is 3. The second kappa shape index (κ2) is 9.12. The highest BCUT2D eigenvalue weighted by Crippen LogP contribution is 2.30. The van der Waals surface area contributed by atoms with Crippen molar-refractivity contribution in [2.45, 2.75) is 32.2 Å². The van der Waals surface area contributed by atoms with Crippen LogP contribution < -0.4 is 11.1 Å². The van der Waals surface area contributed by atoms with E-state index in [1.165, 1.54) is 11.8 Å². The number of aromatic nitrogens is 2. The molecule has 4 rings (SSSR count). The number of nitrogens with two attached hydrogens (primary N) is 1. The molecule has 0 saturated carbocycles. The number of hydrogen-bond acceptors (Lipinski definition) is 5. The van der Waals surface area contributed by atoms with Crippen LogP contribution in [-0.4, -0.2) is 40.5 Å². The van der Waals surface area contributed by atoms with Crippen molar-refractivity contribution < 1.29 is 0 Å². The molecule has 0 radical (unpaired) electrons. The summed E-state index contributed by atoms with van der Waals surface area (Å²) >= 11 is 0. The summed E-state index contributed by atoms with van der Waals surface area (Å²) in [5.41, 5.74) is 11.6. The monoisotopic (exact) mass is 400 g/mol. The number of likely N-dealkylation sites (tertiary alicyclic amines) is 1. The van der Waals surface area contributed by atoms with Gasteiger partial charge in [-0.2, -0.15) is 5.26 Å². The molecule has 0 amide bonds. The van der Waals surface area contributed by atoms with Gasteiger partial charge in [0.2, 0.25) is 0 Å². The van der Waals surface area contributed by atoms with E-state index in [0.717, 1.165) is 60.5 Å². The Morgan fingerprint density at radius 2 is 2.27 bits per heavy atom. The molecule has 0 spiro atoms. The number of H-pyrrole nitrogens is 1. The third-order valence-corrected chi connectivity index (χ3v) is 5.81. The van der Waals surface area contributed by atoms with Crippen molar-refractivity contribution in [3.05, 3.63) is 59.6 Å². The lowest BCUT2D eigenvalue weighted by atomic mass is 10.1. The summed E-state index contributed by atoms with van der Waals surface area (Å²) in [6.45, 7) is 5.19. The second-order valence-electron chi connectivity index (χ2n) is 7.96. The van der Waals surface area contributed by atoms with Crippen molar-refractivity contribution >= 4 is 28.4 Å². The number of nitrogens with one attached hydrogen (secondary N) is 2. The van der Waals surface area contributed by atoms with Crippen molar-refractivity contribution in [2.24, 2.45) is 5.73 Å². The minimum Gasteiger partial charge on any atom is -0.361 e. The maximum atomic E-state index is 9.62. The molecule has 3 aromatic rings. The van der Waals surface area contributed by atoms with Gasteiger partial charge in [0, 0.05) is 59.9 Å². The van der Waals surface area contributed by atoms with Gasteiger partial charge in [-0.05, 0) is 56.5 Å². The van der Waals surface area contributed by atoms with Gasteiger partial charge in [-0.3, -0.25) is 4.98 Å². The van der Waals surface area contributed by atoms with E-state index in [9.17, 15) is 5.26 Å². The molecule has 0 unspecified atom stereocenters. The molecule has 4 N–H and O–H groups in total. The average molecular weight is 401 g/mol. The molecule has 2 aromatic heterocycles. The highest BCUT2D eigenvalue weighted by atomic mass is 15.1. The van der Waals surface area contributed by atoms with E-state index in [2.05, 4.69) is 57.5 Å². The molecular weight excluding hydrogens is 372 g/mol. The van der Waals surface area contributed by atoms with Gasteiger partial charge in [-0.1, -0.05) is 12.2 Å². The molecule has 30 heavy (non-hydrogen) atoms. The van der Waals surface area contributed by atoms with Gasteiger partial charge in [-0.15, -0.1) is 0 Å². The SMILES string of the molecule is Cc1c(Nc2c(C#N)cncc2/C=C/CCN2CCC[C@@H](N)C2)ccc2[nH]ccc12. The summed E-state index contributed by atoms with van der Waals surface area (Å²) in [7, 11) is 0. The van der Waals surface area contributed by atoms with Crippen LogP contribution in [0.15, 0.2) is 42.9 Å². The lowest BCUT2D eigenvalue weighted by molar-refractivity contribution is 0.213. The number of fused-ring (bicyclic) bond motifs is 1. The molecule has 1 fully saturated rings. The van der Waals surface area contributed by atoms with Crippen LogP contribution in [0, 0.1) is 18.3 Å². The second-order valence-corrected chi connectivity index (χ2v) is 7.96. The third kappa shape index (κ3) is 4.38. The molecule has 1 aromatic carbocycles. The van der Waals surface area contributed by atoms with Gasteiger partial charge in [0.05, 0.1) is 11.3 Å². The number of nitriles is 1. The number of aromatic amines is 1. The zero-order valence-electron chi connectivity index (χ0n) is 17.4. The van der Waals surface area contributed by atoms with Crippen molar-refractivity contribution in [1.82, 2.24) is 14.9 Å². The molecule has 1 aliphatic heterocycles. The minimum absolute atomic E-state index is 0.302. The van der Waals surface area contributed by atoms with Crippen LogP contribution in [0.1, 0.15) is 36.0 Å². The molecular formula is C24H28N6. The van der Waals surface area contributed by atoms with Crippen LogP contribution in [0.4, 0.5) is 11.4 Å². The predicted octanol–water partition coefficient (Wildman–Crippen LogP) is 4.31. The number of aryl methyl sites for hydroxylation is 1. The Bertz CT molecular complexity index is 1090. The van der Waals surface area contributed by atoms with Crippen molar-refractivity contribution in [3.8, 4) is 6.07 Å². The van der Waals surface area contributed by atoms with Crippen LogP contribution in [0.5, 0.6) is 0 Å². The third-order valence-electron chi connectivity index (χ3n) is 5.81. The van der Waals surface area contributed by atoms with Crippen LogP contribution in [0.2, 0.25) is 0 Å². The van der Waals surface area contributed by atoms with Crippen LogP contribution in [0.3, 0.4) is 0 Å². The van der Waals surface area contributed by atoms with Crippen molar-refractivity contribution in [3.63, 3.8) is 0 Å². The quantitative estimate of drug-likeness (QED) is 0.573. The molecule has 6 heteroatoms. The fraction of sp³-hybridized carbons (Fsp3) is 0.333. The highest BCUT2D eigenvalue weighted by Gasteiger charge is 2.15. The van der Waals surface area contributed by atoms with Crippen LogP contribution in [-0.2, 0) is 0 Å². The first-order valence-corrected chi connectivity index (χ1v) is 10.5. The number of piperidine rings is 1. The highest BCUT2D eigenvalue weighted by molar-refractivity contribution is 5.89. The summed E-state index contributed by atoms with van der Waals surface area (Å²) in [6, 6.07) is 8.74. The van der Waals surface area contributed by atoms with E-state index in [1.54, 1.807) is 12.4 Å². The van der Waals surface area contributed by atoms with Gasteiger partial charge in [0.15, 0.2) is 0 Å². The molecule has 1 atom stereocenters. The van der Waals surface area contributed by atoms with Gasteiger partial charge in [-0.25, -0.2) is 0 Å². The van der Waals surface area contributed by atoms with Crippen LogP contribution >= 0.6 is 0 Å². The van der Waals surface area contributed by atoms with E-state index >= 15 is 0 Å². The van der Waals surface area contributed by atoms with E-state index in [0.29, 0.717) is 11.6 Å². The lowest BCUT2D eigenvalue weighted by Gasteiger charge is -2.30. The zero-order chi connectivity index (χ0) is 20.9. The molecule has 154 valence electrons. The standard InChI is InChI=1S/C24H28N6/c1-17-21-9-10-28-23(21)8-7-22(17)29-24-18(14-27-15-19(24)13-25)5-2-3-11-30-12-4-6-20(26)16-30/h2,5,7-10,14-15,20,28H,3-4,6,11-12,16,26H2,1H3,(H,27,29)/b5-2+/t20-/m1/s1. The molecule has 1 saturated heterocycles. The maximum absolute atomic E-state index is 9.62. The topological polar surface area (TPSA) is 93.8 Å². The molecule has 0 aliphatic carbocycles. The van der Waals surface area contributed by atoms with Crippen LogP contribution in [0.25, 0.3) is 17.0 Å². The normalized spacial score (nSPS) is 17.4. The first kappa shape index (κ1) is 20.1. The summed E-state index contributed by atoms with van der Waals surface area (Å²) in [5.74, 6) is 0. The Labute approximate surface area is 177 Å². The molecule has 3 heterocycles. The number of rotatable bonds is 6. The number of hydrogen-bond donors (Lipinski definition) is 3. The average Bonchev–Trinajstić information content (AvgIpc) is 3.23. The minimum atomic E-state index is 0.302. The summed E-state index contributed by atoms with van der Waals surface area (Å²) in [6.07, 6.45) is 12.8. The van der Waals surface area contributed by atoms with Gasteiger partial charge >= 0.3 is 0 Å². The Morgan fingerprint density at radius 3 is 3.10 bits per heavy atom. The molecule has 0 bridgehead atoms. The Balaban J connectivity index is 1.52. The summed E-state index contributed by atoms with van der Waals surface area (Å²) in [4.78, 5) is 9.92. The molecule has 1 aliphatic rings. The maximum Gasteiger partial charge on any atom is 0.103 e. The van der Waals surface area contributed by atoms with E-state index in [-0.39, 0.29) is 0 Å². The lowest BCUT2D eigenvalue weighted by Crippen LogP contribution is -2.42. The van der Waals surface area contributed by atoms with Crippen molar-refractivity contribution in [1.29, 1.82) is 5.26 Å². The fourth-order valence-corrected chi connectivity index (χ4v) is 4.14. The first-order valence-electron chi connectivity index (χ1n) is 10.5. The van der Waals surface area contributed by atoms with E-state index < -0.39 is 0 Å². The number of anilines is 2. The van der Waals surface area contributed by atoms with E-state index in [1.807, 2.05) is 12.3 Å². The summed E-state index contributed by atoms with van der Waals surface area (Å²) < 4.78 is 0. The van der Waals surface area contributed by atoms with Crippen molar-refractivity contribution in [2.75, 3.05) is 25.0 Å². The smallest absolute Gasteiger partial charge is 0.103 e. The first-order chi connectivity index (χ1) is 14.7. The van der Waals surface area contributed by atoms with Gasteiger partial charge in [0.1, 0.15) is 6.07 Å². The number of pyridine rings is 1. The number of benzene rings is 1. The Morgan fingerprint density at radius 1 is 1.37 bits per heavy atom. The summed E-state index contributed by atoms with van der Waals surface area (Å²) in [5, 5.41) is 14.3. The molecule has 6 nitrogen and oxygen atoms in total.